The molecule has 0 aliphatic heterocycles. The first kappa shape index (κ1) is 14.8. The van der Waals surface area contributed by atoms with Gasteiger partial charge in [0.2, 0.25) is 0 Å². The van der Waals surface area contributed by atoms with Crippen LogP contribution in [0.3, 0.4) is 0 Å². The molecule has 21 heavy (non-hydrogen) atoms. The minimum Gasteiger partial charge on any atom is -0.497 e. The Hall–Kier alpha value is -2.58. The van der Waals surface area contributed by atoms with Crippen LogP contribution in [0, 0.1) is 17.1 Å². The molecule has 2 N–H and O–H groups in total. The lowest BCUT2D eigenvalue weighted by Crippen LogP contribution is -2.03. The summed E-state index contributed by atoms with van der Waals surface area (Å²) in [6, 6.07) is 11.5. The zero-order chi connectivity index (χ0) is 15.2. The fourth-order valence-corrected chi connectivity index (χ4v) is 1.89. The Labute approximate surface area is 122 Å². The second-order valence-electron chi connectivity index (χ2n) is 4.39. The number of methoxy groups -OCH3 is 1. The predicted octanol–water partition coefficient (Wildman–Crippen LogP) is 2.74. The van der Waals surface area contributed by atoms with Crippen LogP contribution in [-0.2, 0) is 13.2 Å². The van der Waals surface area contributed by atoms with Crippen LogP contribution in [0.15, 0.2) is 36.4 Å². The van der Waals surface area contributed by atoms with Gasteiger partial charge in [-0.2, -0.15) is 5.26 Å². The molecule has 2 aromatic rings. The van der Waals surface area contributed by atoms with E-state index >= 15 is 0 Å². The van der Waals surface area contributed by atoms with Crippen molar-refractivity contribution < 1.29 is 13.9 Å². The molecule has 0 atom stereocenters. The van der Waals surface area contributed by atoms with Gasteiger partial charge in [0.05, 0.1) is 12.7 Å². The molecule has 2 aromatic carbocycles. The minimum atomic E-state index is -0.534. The van der Waals surface area contributed by atoms with Crippen molar-refractivity contribution in [2.75, 3.05) is 7.11 Å². The van der Waals surface area contributed by atoms with E-state index in [0.717, 1.165) is 5.56 Å². The number of benzene rings is 2. The quantitative estimate of drug-likeness (QED) is 0.917. The van der Waals surface area contributed by atoms with Crippen molar-refractivity contribution in [3.8, 4) is 17.6 Å². The zero-order valence-corrected chi connectivity index (χ0v) is 11.6. The molecule has 0 radical (unpaired) electrons. The summed E-state index contributed by atoms with van der Waals surface area (Å²) in [4.78, 5) is 0. The summed E-state index contributed by atoms with van der Waals surface area (Å²) in [7, 11) is 1.58. The molecule has 2 rings (SSSR count). The van der Waals surface area contributed by atoms with Crippen molar-refractivity contribution in [2.24, 2.45) is 5.73 Å². The molecule has 0 amide bonds. The van der Waals surface area contributed by atoms with E-state index in [9.17, 15) is 4.39 Å². The van der Waals surface area contributed by atoms with E-state index in [-0.39, 0.29) is 12.2 Å². The van der Waals surface area contributed by atoms with E-state index in [4.69, 9.17) is 20.5 Å². The number of nitrogens with zero attached hydrogens (tertiary/aromatic N) is 1. The molecule has 0 saturated heterocycles. The molecule has 5 heteroatoms. The van der Waals surface area contributed by atoms with E-state index in [2.05, 4.69) is 0 Å². The van der Waals surface area contributed by atoms with Crippen molar-refractivity contribution in [3.63, 3.8) is 0 Å². The highest BCUT2D eigenvalue weighted by Crippen LogP contribution is 2.24. The van der Waals surface area contributed by atoms with Gasteiger partial charge in [-0.25, -0.2) is 4.39 Å². The summed E-state index contributed by atoms with van der Waals surface area (Å²) >= 11 is 0. The Balaban J connectivity index is 2.15. The van der Waals surface area contributed by atoms with E-state index in [0.29, 0.717) is 23.6 Å². The minimum absolute atomic E-state index is 0.00452. The van der Waals surface area contributed by atoms with Crippen LogP contribution in [0.5, 0.6) is 11.5 Å². The monoisotopic (exact) mass is 286 g/mol. The van der Waals surface area contributed by atoms with Crippen LogP contribution >= 0.6 is 0 Å². The maximum absolute atomic E-state index is 13.2. The van der Waals surface area contributed by atoms with E-state index in [1.165, 1.54) is 12.1 Å². The van der Waals surface area contributed by atoms with Crippen LogP contribution in [0.4, 0.5) is 4.39 Å². The number of hydrogen-bond acceptors (Lipinski definition) is 4. The summed E-state index contributed by atoms with van der Waals surface area (Å²) in [6.07, 6.45) is 0. The molecule has 0 aromatic heterocycles. The fraction of sp³-hybridized carbons (Fsp3) is 0.188. The smallest absolute Gasteiger partial charge is 0.140 e. The molecular weight excluding hydrogens is 271 g/mol. The highest BCUT2D eigenvalue weighted by molar-refractivity contribution is 5.40. The summed E-state index contributed by atoms with van der Waals surface area (Å²) in [5.41, 5.74) is 7.22. The molecule has 0 aliphatic rings. The predicted molar refractivity (Wildman–Crippen MR) is 76.3 cm³/mol. The van der Waals surface area contributed by atoms with Crippen molar-refractivity contribution in [1.29, 1.82) is 5.26 Å². The van der Waals surface area contributed by atoms with Crippen LogP contribution in [0.25, 0.3) is 0 Å². The Morgan fingerprint density at radius 2 is 2.05 bits per heavy atom. The normalized spacial score (nSPS) is 10.0. The highest BCUT2D eigenvalue weighted by Gasteiger charge is 2.07. The maximum atomic E-state index is 13.2. The Morgan fingerprint density at radius 3 is 2.71 bits per heavy atom. The summed E-state index contributed by atoms with van der Waals surface area (Å²) < 4.78 is 24.1. The fourth-order valence-electron chi connectivity index (χ4n) is 1.89. The Morgan fingerprint density at radius 1 is 1.24 bits per heavy atom. The lowest BCUT2D eigenvalue weighted by atomic mass is 10.1. The van der Waals surface area contributed by atoms with Gasteiger partial charge in [-0.1, -0.05) is 6.07 Å². The van der Waals surface area contributed by atoms with Gasteiger partial charge in [0.1, 0.15) is 30.0 Å². The first-order valence-electron chi connectivity index (χ1n) is 6.36. The van der Waals surface area contributed by atoms with Crippen molar-refractivity contribution in [2.45, 2.75) is 13.2 Å². The molecule has 0 heterocycles. The molecule has 0 fully saturated rings. The SMILES string of the molecule is COc1ccc(OCc2ccc(F)c(C#N)c2)c(CN)c1. The van der Waals surface area contributed by atoms with Gasteiger partial charge < -0.3 is 15.2 Å². The van der Waals surface area contributed by atoms with E-state index in [1.807, 2.05) is 0 Å². The molecule has 0 bridgehead atoms. The average Bonchev–Trinajstić information content (AvgIpc) is 2.53. The van der Waals surface area contributed by atoms with Gasteiger partial charge in [0.25, 0.3) is 0 Å². The molecule has 0 saturated carbocycles. The Bertz CT molecular complexity index is 680. The lowest BCUT2D eigenvalue weighted by molar-refractivity contribution is 0.302. The number of ether oxygens (including phenoxy) is 2. The van der Waals surface area contributed by atoms with Crippen molar-refractivity contribution in [3.05, 3.63) is 58.9 Å². The number of nitrogens with two attached hydrogens (primary N) is 1. The molecular formula is C16H15FN2O2. The summed E-state index contributed by atoms with van der Waals surface area (Å²) in [5.74, 6) is 0.811. The van der Waals surface area contributed by atoms with Gasteiger partial charge in [-0.3, -0.25) is 0 Å². The number of rotatable bonds is 5. The van der Waals surface area contributed by atoms with Crippen LogP contribution in [0.1, 0.15) is 16.7 Å². The highest BCUT2D eigenvalue weighted by atomic mass is 19.1. The standard InChI is InChI=1S/C16H15FN2O2/c1-20-14-3-5-16(13(7-14)9-19)21-10-11-2-4-15(17)12(6-11)8-18/h2-7H,9-10,19H2,1H3. The van der Waals surface area contributed by atoms with Gasteiger partial charge in [-0.05, 0) is 35.9 Å². The number of hydrogen-bond donors (Lipinski definition) is 1. The van der Waals surface area contributed by atoms with Crippen LogP contribution < -0.4 is 15.2 Å². The largest absolute Gasteiger partial charge is 0.497 e. The second kappa shape index (κ2) is 6.73. The van der Waals surface area contributed by atoms with Crippen molar-refractivity contribution in [1.82, 2.24) is 0 Å². The number of nitriles is 1. The second-order valence-corrected chi connectivity index (χ2v) is 4.39. The zero-order valence-electron chi connectivity index (χ0n) is 11.6. The average molecular weight is 286 g/mol. The van der Waals surface area contributed by atoms with Crippen molar-refractivity contribution >= 4 is 0 Å². The maximum Gasteiger partial charge on any atom is 0.140 e. The molecule has 0 unspecified atom stereocenters. The third-order valence-electron chi connectivity index (χ3n) is 3.03. The van der Waals surface area contributed by atoms with Crippen LogP contribution in [-0.4, -0.2) is 7.11 Å². The third-order valence-corrected chi connectivity index (χ3v) is 3.03. The van der Waals surface area contributed by atoms with Gasteiger partial charge >= 0.3 is 0 Å². The van der Waals surface area contributed by atoms with Gasteiger partial charge in [-0.15, -0.1) is 0 Å². The molecule has 4 nitrogen and oxygen atoms in total. The molecule has 108 valence electrons. The Kier molecular flexibility index (Phi) is 4.75. The number of halogens is 1. The summed E-state index contributed by atoms with van der Waals surface area (Å²) in [6.45, 7) is 0.549. The molecule has 0 spiro atoms. The molecule has 0 aliphatic carbocycles. The van der Waals surface area contributed by atoms with E-state index in [1.54, 1.807) is 37.4 Å². The van der Waals surface area contributed by atoms with Gasteiger partial charge in [0, 0.05) is 12.1 Å². The topological polar surface area (TPSA) is 68.3 Å². The van der Waals surface area contributed by atoms with E-state index < -0.39 is 5.82 Å². The first-order valence-corrected chi connectivity index (χ1v) is 6.36. The van der Waals surface area contributed by atoms with Gasteiger partial charge in [0.15, 0.2) is 0 Å². The van der Waals surface area contributed by atoms with Crippen LogP contribution in [0.2, 0.25) is 0 Å². The first-order chi connectivity index (χ1) is 10.2. The lowest BCUT2D eigenvalue weighted by Gasteiger charge is -2.12. The third kappa shape index (κ3) is 3.50. The summed E-state index contributed by atoms with van der Waals surface area (Å²) in [5, 5.41) is 8.81.